The maximum Gasteiger partial charge on any atom is 0.294 e. The van der Waals surface area contributed by atoms with Gasteiger partial charge >= 0.3 is 0 Å². The van der Waals surface area contributed by atoms with Gasteiger partial charge in [-0.15, -0.1) is 0 Å². The number of amides is 3. The van der Waals surface area contributed by atoms with Gasteiger partial charge in [-0.05, 0) is 42.0 Å². The molecule has 1 N–H and O–H groups in total. The molecule has 3 rings (SSSR count). The van der Waals surface area contributed by atoms with Crippen LogP contribution in [0.4, 0.5) is 9.18 Å². The van der Waals surface area contributed by atoms with Crippen molar-refractivity contribution in [2.24, 2.45) is 0 Å². The van der Waals surface area contributed by atoms with Gasteiger partial charge in [-0.2, -0.15) is 0 Å². The smallest absolute Gasteiger partial charge is 0.294 e. The molecular weight excluding hydrogens is 383 g/mol. The largest absolute Gasteiger partial charge is 0.351 e. The van der Waals surface area contributed by atoms with Gasteiger partial charge in [0.2, 0.25) is 5.91 Å². The molecule has 7 nitrogen and oxygen atoms in total. The van der Waals surface area contributed by atoms with E-state index < -0.39 is 45.3 Å². The van der Waals surface area contributed by atoms with Gasteiger partial charge in [0.05, 0.1) is 16.4 Å². The van der Waals surface area contributed by atoms with Crippen LogP contribution in [0, 0.1) is 5.82 Å². The van der Waals surface area contributed by atoms with Crippen LogP contribution >= 0.6 is 11.8 Å². The molecule has 0 spiro atoms. The summed E-state index contributed by atoms with van der Waals surface area (Å²) in [4.78, 5) is 37.2. The second-order valence-corrected chi connectivity index (χ2v) is 9.21. The minimum absolute atomic E-state index is 0.00982. The van der Waals surface area contributed by atoms with Crippen LogP contribution in [0.5, 0.6) is 0 Å². The Kier molecular flexibility index (Phi) is 5.15. The van der Waals surface area contributed by atoms with Gasteiger partial charge in [0.25, 0.3) is 11.1 Å². The molecule has 26 heavy (non-hydrogen) atoms. The van der Waals surface area contributed by atoms with Crippen LogP contribution in [0.15, 0.2) is 29.2 Å². The number of sulfone groups is 1. The monoisotopic (exact) mass is 398 g/mol. The first-order valence-electron chi connectivity index (χ1n) is 7.74. The molecule has 0 aromatic heterocycles. The van der Waals surface area contributed by atoms with Gasteiger partial charge in [-0.25, -0.2) is 12.8 Å². The zero-order chi connectivity index (χ0) is 18.9. The number of hydrogen-bond acceptors (Lipinski definition) is 6. The third-order valence-corrected chi connectivity index (χ3v) is 6.59. The van der Waals surface area contributed by atoms with Crippen molar-refractivity contribution in [3.63, 3.8) is 0 Å². The van der Waals surface area contributed by atoms with E-state index in [4.69, 9.17) is 0 Å². The zero-order valence-electron chi connectivity index (χ0n) is 13.5. The van der Waals surface area contributed by atoms with Crippen LogP contribution in [0.1, 0.15) is 12.0 Å². The van der Waals surface area contributed by atoms with Crippen molar-refractivity contribution >= 4 is 44.7 Å². The number of imide groups is 1. The van der Waals surface area contributed by atoms with E-state index in [9.17, 15) is 27.2 Å². The topological polar surface area (TPSA) is 101 Å². The molecule has 2 heterocycles. The third-order valence-electron chi connectivity index (χ3n) is 3.92. The summed E-state index contributed by atoms with van der Waals surface area (Å²) in [6, 6.07) is 5.05. The average Bonchev–Trinajstić information content (AvgIpc) is 3.01. The number of thioether (sulfide) groups is 1. The molecule has 138 valence electrons. The van der Waals surface area contributed by atoms with E-state index in [1.807, 2.05) is 0 Å². The highest BCUT2D eigenvalue weighted by molar-refractivity contribution is 8.18. The van der Waals surface area contributed by atoms with Gasteiger partial charge in [-0.1, -0.05) is 12.1 Å². The summed E-state index contributed by atoms with van der Waals surface area (Å²) in [5, 5.41) is 1.93. The summed E-state index contributed by atoms with van der Waals surface area (Å²) >= 11 is 0.667. The van der Waals surface area contributed by atoms with Gasteiger partial charge < -0.3 is 5.32 Å². The van der Waals surface area contributed by atoms with Crippen LogP contribution in [-0.4, -0.2) is 54.5 Å². The summed E-state index contributed by atoms with van der Waals surface area (Å²) in [6.07, 6.45) is 1.70. The van der Waals surface area contributed by atoms with Crippen molar-refractivity contribution in [2.75, 3.05) is 18.1 Å². The quantitative estimate of drug-likeness (QED) is 0.764. The van der Waals surface area contributed by atoms with E-state index >= 15 is 0 Å². The molecule has 10 heteroatoms. The Balaban J connectivity index is 1.65. The standard InChI is InChI=1S/C16H15FN2O5S2/c17-11-3-1-2-10(6-11)7-13-15(21)19(16(22)25-13)8-14(20)18-12-4-5-26(23,24)9-12/h1-3,6-7,12H,4-5,8-9H2,(H,18,20)/b13-7-/t12-/m0/s1. The lowest BCUT2D eigenvalue weighted by atomic mass is 10.2. The molecule has 1 aromatic carbocycles. The Labute approximate surface area is 153 Å². The molecule has 0 radical (unpaired) electrons. The first kappa shape index (κ1) is 18.6. The molecule has 0 saturated carbocycles. The lowest BCUT2D eigenvalue weighted by Crippen LogP contribution is -2.43. The molecule has 2 aliphatic heterocycles. The summed E-state index contributed by atoms with van der Waals surface area (Å²) in [6.45, 7) is -0.484. The molecule has 0 unspecified atom stereocenters. The fraction of sp³-hybridized carbons (Fsp3) is 0.312. The minimum atomic E-state index is -3.14. The van der Waals surface area contributed by atoms with Crippen molar-refractivity contribution in [2.45, 2.75) is 12.5 Å². The molecule has 0 bridgehead atoms. The van der Waals surface area contributed by atoms with Crippen molar-refractivity contribution in [3.8, 4) is 0 Å². The van der Waals surface area contributed by atoms with E-state index in [1.54, 1.807) is 6.07 Å². The normalized spacial score (nSPS) is 23.7. The number of nitrogens with one attached hydrogen (secondary N) is 1. The number of nitrogens with zero attached hydrogens (tertiary/aromatic N) is 1. The second-order valence-electron chi connectivity index (χ2n) is 5.99. The molecule has 1 atom stereocenters. The molecule has 2 saturated heterocycles. The summed E-state index contributed by atoms with van der Waals surface area (Å²) in [7, 11) is -3.14. The Morgan fingerprint density at radius 2 is 2.15 bits per heavy atom. The lowest BCUT2D eigenvalue weighted by molar-refractivity contribution is -0.129. The second kappa shape index (κ2) is 7.20. The van der Waals surface area contributed by atoms with Crippen LogP contribution in [0.2, 0.25) is 0 Å². The van der Waals surface area contributed by atoms with Crippen LogP contribution < -0.4 is 5.32 Å². The number of rotatable bonds is 4. The molecular formula is C16H15FN2O5S2. The predicted octanol–water partition coefficient (Wildman–Crippen LogP) is 1.17. The third kappa shape index (κ3) is 4.31. The van der Waals surface area contributed by atoms with Crippen molar-refractivity contribution in [1.82, 2.24) is 10.2 Å². The fourth-order valence-electron chi connectivity index (χ4n) is 2.71. The van der Waals surface area contributed by atoms with Crippen LogP contribution in [-0.2, 0) is 19.4 Å². The fourth-order valence-corrected chi connectivity index (χ4v) is 5.22. The van der Waals surface area contributed by atoms with E-state index in [2.05, 4.69) is 5.32 Å². The summed E-state index contributed by atoms with van der Waals surface area (Å²) < 4.78 is 36.0. The lowest BCUT2D eigenvalue weighted by Gasteiger charge is -2.15. The highest BCUT2D eigenvalue weighted by atomic mass is 32.2. The molecule has 2 aliphatic rings. The van der Waals surface area contributed by atoms with E-state index in [0.717, 1.165) is 4.90 Å². The Bertz CT molecular complexity index is 913. The van der Waals surface area contributed by atoms with Gasteiger partial charge in [0.15, 0.2) is 9.84 Å². The Morgan fingerprint density at radius 3 is 2.81 bits per heavy atom. The zero-order valence-corrected chi connectivity index (χ0v) is 15.1. The van der Waals surface area contributed by atoms with Crippen molar-refractivity contribution in [1.29, 1.82) is 0 Å². The highest BCUT2D eigenvalue weighted by Gasteiger charge is 2.37. The average molecular weight is 398 g/mol. The van der Waals surface area contributed by atoms with E-state index in [-0.39, 0.29) is 16.4 Å². The first-order chi connectivity index (χ1) is 12.2. The van der Waals surface area contributed by atoms with Crippen molar-refractivity contribution < 1.29 is 27.2 Å². The molecule has 3 amide bonds. The molecule has 0 aliphatic carbocycles. The number of benzene rings is 1. The van der Waals surface area contributed by atoms with Crippen LogP contribution in [0.25, 0.3) is 6.08 Å². The maximum absolute atomic E-state index is 13.2. The maximum atomic E-state index is 13.2. The van der Waals surface area contributed by atoms with Gasteiger partial charge in [0, 0.05) is 6.04 Å². The molecule has 2 fully saturated rings. The summed E-state index contributed by atoms with van der Waals surface area (Å²) in [5.41, 5.74) is 0.427. The number of carbonyl (C=O) groups is 3. The van der Waals surface area contributed by atoms with E-state index in [0.29, 0.717) is 23.7 Å². The van der Waals surface area contributed by atoms with Gasteiger partial charge in [0.1, 0.15) is 12.4 Å². The highest BCUT2D eigenvalue weighted by Crippen LogP contribution is 2.32. The first-order valence-corrected chi connectivity index (χ1v) is 10.4. The minimum Gasteiger partial charge on any atom is -0.351 e. The van der Waals surface area contributed by atoms with E-state index in [1.165, 1.54) is 24.3 Å². The SMILES string of the molecule is O=C(CN1C(=O)S/C(=C\c2cccc(F)c2)C1=O)N[C@H]1CCS(=O)(=O)C1. The van der Waals surface area contributed by atoms with Crippen molar-refractivity contribution in [3.05, 3.63) is 40.6 Å². The molecule has 1 aromatic rings. The van der Waals surface area contributed by atoms with Gasteiger partial charge in [-0.3, -0.25) is 19.3 Å². The Hall–Kier alpha value is -2.20. The number of carbonyl (C=O) groups excluding carboxylic acids is 3. The summed E-state index contributed by atoms with van der Waals surface area (Å²) in [5.74, 6) is -1.83. The number of halogens is 1. The predicted molar refractivity (Wildman–Crippen MR) is 94.3 cm³/mol. The number of hydrogen-bond donors (Lipinski definition) is 1. The Morgan fingerprint density at radius 1 is 1.38 bits per heavy atom. The van der Waals surface area contributed by atoms with Crippen LogP contribution in [0.3, 0.4) is 0 Å².